The molecule has 158 valence electrons. The van der Waals surface area contributed by atoms with Crippen LogP contribution in [0.25, 0.3) is 5.69 Å². The third kappa shape index (κ3) is 3.04. The Morgan fingerprint density at radius 3 is 2.19 bits per heavy atom. The van der Waals surface area contributed by atoms with Crippen molar-refractivity contribution in [3.63, 3.8) is 0 Å². The molecule has 4 aromatic rings. The third-order valence-electron chi connectivity index (χ3n) is 6.26. The van der Waals surface area contributed by atoms with Gasteiger partial charge in [-0.3, -0.25) is 0 Å². The fraction of sp³-hybridized carbons (Fsp3) is 0.185. The smallest absolute Gasteiger partial charge is 0.163 e. The molecule has 0 unspecified atom stereocenters. The van der Waals surface area contributed by atoms with Gasteiger partial charge in [0.05, 0.1) is 23.0 Å². The second-order valence-electron chi connectivity index (χ2n) is 8.44. The molecule has 0 saturated heterocycles. The summed E-state index contributed by atoms with van der Waals surface area (Å²) in [6.45, 7) is 2.04. The maximum atomic E-state index is 15.0. The average molecular weight is 423 g/mol. The van der Waals surface area contributed by atoms with Crippen LogP contribution in [0.15, 0.2) is 89.9 Å². The molecule has 0 amide bonds. The summed E-state index contributed by atoms with van der Waals surface area (Å²) in [6.07, 6.45) is 2.16. The number of amidine groups is 1. The first-order valence-electron chi connectivity index (χ1n) is 11.0. The highest BCUT2D eigenvalue weighted by Gasteiger charge is 2.43. The first-order valence-corrected chi connectivity index (χ1v) is 11.0. The fourth-order valence-electron chi connectivity index (χ4n) is 4.66. The summed E-state index contributed by atoms with van der Waals surface area (Å²) < 4.78 is 16.9. The molecule has 1 aromatic heterocycles. The van der Waals surface area contributed by atoms with Crippen LogP contribution in [0, 0.1) is 12.7 Å². The number of aryl methyl sites for hydroxylation is 1. The maximum Gasteiger partial charge on any atom is 0.163 e. The molecule has 1 atom stereocenters. The summed E-state index contributed by atoms with van der Waals surface area (Å²) in [7, 11) is 0. The number of hydrogen-bond acceptors (Lipinski definition) is 3. The molecule has 6 rings (SSSR count). The van der Waals surface area contributed by atoms with Crippen molar-refractivity contribution in [3.05, 3.63) is 113 Å². The number of para-hydroxylation sites is 1. The van der Waals surface area contributed by atoms with Gasteiger partial charge in [0.15, 0.2) is 5.82 Å². The molecule has 32 heavy (non-hydrogen) atoms. The average Bonchev–Trinajstić information content (AvgIpc) is 3.63. The van der Waals surface area contributed by atoms with Crippen molar-refractivity contribution >= 4 is 11.7 Å². The number of fused-ring (bicyclic) bond motifs is 1. The number of aliphatic imine (C=N–C) groups is 1. The summed E-state index contributed by atoms with van der Waals surface area (Å²) in [6, 6.07) is 27.7. The van der Waals surface area contributed by atoms with Crippen LogP contribution in [0.4, 0.5) is 10.2 Å². The van der Waals surface area contributed by atoms with Crippen LogP contribution < -0.4 is 0 Å². The summed E-state index contributed by atoms with van der Waals surface area (Å²) in [5, 5.41) is 4.89. The van der Waals surface area contributed by atoms with Gasteiger partial charge in [-0.25, -0.2) is 14.1 Å². The molecule has 1 aliphatic heterocycles. The lowest BCUT2D eigenvalue weighted by Gasteiger charge is -2.38. The number of halogens is 1. The van der Waals surface area contributed by atoms with Gasteiger partial charge in [-0.05, 0) is 49.6 Å². The van der Waals surface area contributed by atoms with Crippen LogP contribution in [0.1, 0.15) is 41.3 Å². The first-order chi connectivity index (χ1) is 15.7. The molecule has 0 radical (unpaired) electrons. The SMILES string of the molecule is Cc1nn(-c2ccccc2)c2c1[C@@H](c1ccccc1)N(C1CC1)C(c1ccccc1F)=N2. The zero-order chi connectivity index (χ0) is 21.7. The Kier molecular flexibility index (Phi) is 4.42. The van der Waals surface area contributed by atoms with Gasteiger partial charge in [0.1, 0.15) is 11.7 Å². The number of aromatic nitrogens is 2. The quantitative estimate of drug-likeness (QED) is 0.406. The molecule has 1 saturated carbocycles. The normalized spacial score (nSPS) is 17.8. The molecule has 0 N–H and O–H groups in total. The minimum Gasteiger partial charge on any atom is -0.342 e. The molecular formula is C27H23FN4. The molecule has 0 spiro atoms. The van der Waals surface area contributed by atoms with E-state index < -0.39 is 0 Å². The molecule has 5 heteroatoms. The monoisotopic (exact) mass is 422 g/mol. The molecular weight excluding hydrogens is 399 g/mol. The van der Waals surface area contributed by atoms with Crippen molar-refractivity contribution in [2.75, 3.05) is 0 Å². The Morgan fingerprint density at radius 1 is 0.844 bits per heavy atom. The number of hydrogen-bond donors (Lipinski definition) is 0. The summed E-state index contributed by atoms with van der Waals surface area (Å²) in [4.78, 5) is 7.41. The number of nitrogens with zero attached hydrogens (tertiary/aromatic N) is 4. The first kappa shape index (κ1) is 19.0. The molecule has 2 heterocycles. The molecule has 2 aliphatic rings. The van der Waals surface area contributed by atoms with Crippen LogP contribution in [0.5, 0.6) is 0 Å². The second kappa shape index (κ2) is 7.45. The largest absolute Gasteiger partial charge is 0.342 e. The van der Waals surface area contributed by atoms with Gasteiger partial charge in [-0.2, -0.15) is 5.10 Å². The van der Waals surface area contributed by atoms with Crippen molar-refractivity contribution in [1.29, 1.82) is 0 Å². The van der Waals surface area contributed by atoms with Crippen molar-refractivity contribution in [2.45, 2.75) is 31.8 Å². The Balaban J connectivity index is 1.65. The van der Waals surface area contributed by atoms with E-state index in [1.165, 1.54) is 11.6 Å². The van der Waals surface area contributed by atoms with E-state index in [1.54, 1.807) is 6.07 Å². The van der Waals surface area contributed by atoms with E-state index in [-0.39, 0.29) is 11.9 Å². The minimum atomic E-state index is -0.255. The molecule has 0 bridgehead atoms. The predicted molar refractivity (Wildman–Crippen MR) is 124 cm³/mol. The Hall–Kier alpha value is -3.73. The van der Waals surface area contributed by atoms with E-state index in [1.807, 2.05) is 60.1 Å². The lowest BCUT2D eigenvalue weighted by Crippen LogP contribution is -2.40. The topological polar surface area (TPSA) is 33.4 Å². The van der Waals surface area contributed by atoms with Crippen molar-refractivity contribution in [2.24, 2.45) is 4.99 Å². The van der Waals surface area contributed by atoms with Crippen molar-refractivity contribution in [1.82, 2.24) is 14.7 Å². The second-order valence-corrected chi connectivity index (χ2v) is 8.44. The maximum absolute atomic E-state index is 15.0. The Bertz CT molecular complexity index is 1310. The highest BCUT2D eigenvalue weighted by atomic mass is 19.1. The van der Waals surface area contributed by atoms with Gasteiger partial charge in [0, 0.05) is 11.6 Å². The minimum absolute atomic E-state index is 0.0664. The molecule has 4 nitrogen and oxygen atoms in total. The van der Waals surface area contributed by atoms with Crippen LogP contribution in [-0.4, -0.2) is 26.6 Å². The lowest BCUT2D eigenvalue weighted by molar-refractivity contribution is 0.340. The third-order valence-corrected chi connectivity index (χ3v) is 6.26. The fourth-order valence-corrected chi connectivity index (χ4v) is 4.66. The van der Waals surface area contributed by atoms with Crippen LogP contribution >= 0.6 is 0 Å². The highest BCUT2D eigenvalue weighted by molar-refractivity contribution is 6.02. The van der Waals surface area contributed by atoms with Gasteiger partial charge in [0.25, 0.3) is 0 Å². The van der Waals surface area contributed by atoms with Gasteiger partial charge < -0.3 is 4.90 Å². The number of rotatable bonds is 4. The Labute approximate surface area is 186 Å². The van der Waals surface area contributed by atoms with E-state index in [0.717, 1.165) is 35.6 Å². The summed E-state index contributed by atoms with van der Waals surface area (Å²) >= 11 is 0. The molecule has 1 fully saturated rings. The lowest BCUT2D eigenvalue weighted by atomic mass is 9.93. The van der Waals surface area contributed by atoms with Gasteiger partial charge in [-0.1, -0.05) is 60.7 Å². The zero-order valence-electron chi connectivity index (χ0n) is 17.8. The zero-order valence-corrected chi connectivity index (χ0v) is 17.8. The highest BCUT2D eigenvalue weighted by Crippen LogP contribution is 2.47. The van der Waals surface area contributed by atoms with Crippen LogP contribution in [0.3, 0.4) is 0 Å². The summed E-state index contributed by atoms with van der Waals surface area (Å²) in [5.41, 5.74) is 4.68. The van der Waals surface area contributed by atoms with Gasteiger partial charge in [-0.15, -0.1) is 0 Å². The molecule has 1 aliphatic carbocycles. The van der Waals surface area contributed by atoms with E-state index in [9.17, 15) is 0 Å². The van der Waals surface area contributed by atoms with E-state index >= 15 is 4.39 Å². The van der Waals surface area contributed by atoms with Gasteiger partial charge in [0.2, 0.25) is 0 Å². The van der Waals surface area contributed by atoms with Crippen LogP contribution in [-0.2, 0) is 0 Å². The number of benzene rings is 3. The van der Waals surface area contributed by atoms with E-state index in [4.69, 9.17) is 10.1 Å². The predicted octanol–water partition coefficient (Wildman–Crippen LogP) is 5.97. The molecule has 3 aromatic carbocycles. The van der Waals surface area contributed by atoms with E-state index in [2.05, 4.69) is 29.2 Å². The van der Waals surface area contributed by atoms with Crippen molar-refractivity contribution < 1.29 is 4.39 Å². The van der Waals surface area contributed by atoms with E-state index in [0.29, 0.717) is 17.4 Å². The summed E-state index contributed by atoms with van der Waals surface area (Å²) in [5.74, 6) is 1.21. The van der Waals surface area contributed by atoms with Gasteiger partial charge >= 0.3 is 0 Å². The standard InChI is InChI=1S/C27H23FN4/c1-18-24-25(19-10-4-2-5-11-19)31(20-16-17-20)26(22-14-8-9-15-23(22)28)29-27(24)32(30-18)21-12-6-3-7-13-21/h2-15,20,25H,16-17H2,1H3/t25-/m1/s1. The van der Waals surface area contributed by atoms with Crippen LogP contribution in [0.2, 0.25) is 0 Å². The van der Waals surface area contributed by atoms with Crippen molar-refractivity contribution in [3.8, 4) is 5.69 Å². The Morgan fingerprint density at radius 2 is 1.50 bits per heavy atom.